The Kier molecular flexibility index (Phi) is 4.14. The molecule has 106 valence electrons. The fourth-order valence-corrected chi connectivity index (χ4v) is 3.83. The quantitative estimate of drug-likeness (QED) is 0.419. The summed E-state index contributed by atoms with van der Waals surface area (Å²) >= 11 is 18.7. The van der Waals surface area contributed by atoms with Gasteiger partial charge in [-0.2, -0.15) is 0 Å². The number of halogens is 4. The van der Waals surface area contributed by atoms with Crippen molar-refractivity contribution in [3.8, 4) is 0 Å². The summed E-state index contributed by atoms with van der Waals surface area (Å²) < 4.78 is 7.31. The number of carbonyl (C=O) groups excluding carboxylic acids is 1. The average Bonchev–Trinajstić information content (AvgIpc) is 2.82. The Morgan fingerprint density at radius 1 is 1.05 bits per heavy atom. The first kappa shape index (κ1) is 15.1. The van der Waals surface area contributed by atoms with Gasteiger partial charge in [0.25, 0.3) is 0 Å². The summed E-state index contributed by atoms with van der Waals surface area (Å²) in [5.74, 6) is -0.0519. The van der Waals surface area contributed by atoms with Gasteiger partial charge in [-0.25, -0.2) is 0 Å². The minimum absolute atomic E-state index is 0.230. The Balaban J connectivity index is 2.11. The van der Waals surface area contributed by atoms with Gasteiger partial charge in [0.1, 0.15) is 5.58 Å². The maximum atomic E-state index is 12.5. The van der Waals surface area contributed by atoms with Crippen molar-refractivity contribution in [1.82, 2.24) is 0 Å². The third-order valence-corrected chi connectivity index (χ3v) is 4.53. The van der Waals surface area contributed by atoms with Crippen LogP contribution in [0.5, 0.6) is 0 Å². The van der Waals surface area contributed by atoms with Crippen LogP contribution in [0.2, 0.25) is 10.0 Å². The van der Waals surface area contributed by atoms with E-state index in [0.717, 1.165) is 14.3 Å². The van der Waals surface area contributed by atoms with E-state index in [9.17, 15) is 4.79 Å². The van der Waals surface area contributed by atoms with Gasteiger partial charge in [0.15, 0.2) is 5.76 Å². The summed E-state index contributed by atoms with van der Waals surface area (Å²) in [4.78, 5) is 12.5. The highest BCUT2D eigenvalue weighted by molar-refractivity contribution is 9.11. The van der Waals surface area contributed by atoms with Gasteiger partial charge in [0.2, 0.25) is 5.78 Å². The number of carbonyl (C=O) groups is 1. The smallest absolute Gasteiger partial charge is 0.229 e. The molecule has 0 amide bonds. The summed E-state index contributed by atoms with van der Waals surface area (Å²) in [6.45, 7) is 0. The van der Waals surface area contributed by atoms with Crippen LogP contribution in [-0.4, -0.2) is 5.78 Å². The van der Waals surface area contributed by atoms with Crippen LogP contribution in [0.15, 0.2) is 49.8 Å². The average molecular weight is 449 g/mol. The zero-order valence-electron chi connectivity index (χ0n) is 10.3. The molecule has 0 aliphatic rings. The third-order valence-electron chi connectivity index (χ3n) is 2.94. The topological polar surface area (TPSA) is 30.2 Å². The molecule has 0 N–H and O–H groups in total. The molecule has 3 aromatic rings. The first-order valence-electron chi connectivity index (χ1n) is 5.84. The molecule has 0 aliphatic carbocycles. The van der Waals surface area contributed by atoms with Crippen LogP contribution in [-0.2, 0) is 0 Å². The lowest BCUT2D eigenvalue weighted by Gasteiger charge is -2.01. The number of benzene rings is 2. The summed E-state index contributed by atoms with van der Waals surface area (Å²) in [5.41, 5.74) is 0.974. The first-order chi connectivity index (χ1) is 9.95. The van der Waals surface area contributed by atoms with Gasteiger partial charge in [-0.1, -0.05) is 39.1 Å². The van der Waals surface area contributed by atoms with E-state index in [1.165, 1.54) is 6.07 Å². The molecule has 0 fully saturated rings. The van der Waals surface area contributed by atoms with Crippen molar-refractivity contribution in [1.29, 1.82) is 0 Å². The second-order valence-corrected chi connectivity index (χ2v) is 6.98. The molecule has 0 saturated heterocycles. The molecule has 0 unspecified atom stereocenters. The van der Waals surface area contributed by atoms with Gasteiger partial charge in [0, 0.05) is 20.4 Å². The molecule has 2 nitrogen and oxygen atoms in total. The second kappa shape index (κ2) is 5.76. The van der Waals surface area contributed by atoms with E-state index in [1.54, 1.807) is 18.2 Å². The van der Waals surface area contributed by atoms with Crippen LogP contribution < -0.4 is 0 Å². The Bertz CT molecular complexity index is 871. The molecule has 21 heavy (non-hydrogen) atoms. The molecule has 6 heteroatoms. The van der Waals surface area contributed by atoms with Crippen LogP contribution in [0.1, 0.15) is 16.1 Å². The SMILES string of the molecule is O=C(c1cc2cc(Br)cc(Br)c2o1)c1ccc(Cl)cc1Cl. The van der Waals surface area contributed by atoms with Gasteiger partial charge in [-0.15, -0.1) is 0 Å². The molecule has 0 spiro atoms. The van der Waals surface area contributed by atoms with Crippen molar-refractivity contribution >= 4 is 71.8 Å². The van der Waals surface area contributed by atoms with E-state index in [0.29, 0.717) is 21.2 Å². The molecule has 1 aromatic heterocycles. The number of rotatable bonds is 2. The monoisotopic (exact) mass is 446 g/mol. The van der Waals surface area contributed by atoms with Crippen molar-refractivity contribution in [2.75, 3.05) is 0 Å². The summed E-state index contributed by atoms with van der Waals surface area (Å²) in [6.07, 6.45) is 0. The van der Waals surface area contributed by atoms with Crippen LogP contribution in [0, 0.1) is 0 Å². The van der Waals surface area contributed by atoms with Gasteiger partial charge >= 0.3 is 0 Å². The Labute approximate surface area is 147 Å². The Morgan fingerprint density at radius 3 is 2.52 bits per heavy atom. The van der Waals surface area contributed by atoms with Gasteiger partial charge < -0.3 is 4.42 Å². The predicted octanol–water partition coefficient (Wildman–Crippen LogP) is 6.50. The minimum atomic E-state index is -0.282. The summed E-state index contributed by atoms with van der Waals surface area (Å²) in [6, 6.07) is 10.2. The lowest BCUT2D eigenvalue weighted by molar-refractivity contribution is 0.101. The van der Waals surface area contributed by atoms with Crippen molar-refractivity contribution in [2.24, 2.45) is 0 Å². The number of hydrogen-bond donors (Lipinski definition) is 0. The first-order valence-corrected chi connectivity index (χ1v) is 8.18. The minimum Gasteiger partial charge on any atom is -0.451 e. The van der Waals surface area contributed by atoms with Gasteiger partial charge in [-0.05, 0) is 52.3 Å². The number of fused-ring (bicyclic) bond motifs is 1. The third kappa shape index (κ3) is 2.90. The van der Waals surface area contributed by atoms with Crippen LogP contribution in [0.25, 0.3) is 11.0 Å². The Morgan fingerprint density at radius 2 is 1.81 bits per heavy atom. The standard InChI is InChI=1S/C15H6Br2Cl2O2/c16-8-3-7-4-13(21-15(7)11(17)5-8)14(20)10-2-1-9(18)6-12(10)19/h1-6H. The number of ketones is 1. The molecule has 2 aromatic carbocycles. The highest BCUT2D eigenvalue weighted by atomic mass is 79.9. The highest BCUT2D eigenvalue weighted by Crippen LogP contribution is 2.32. The lowest BCUT2D eigenvalue weighted by atomic mass is 10.1. The zero-order chi connectivity index (χ0) is 15.1. The zero-order valence-corrected chi connectivity index (χ0v) is 15.0. The van der Waals surface area contributed by atoms with Crippen LogP contribution in [0.3, 0.4) is 0 Å². The fourth-order valence-electron chi connectivity index (χ4n) is 1.99. The van der Waals surface area contributed by atoms with Crippen LogP contribution in [0.4, 0.5) is 0 Å². The Hall–Kier alpha value is -0.810. The molecule has 0 bridgehead atoms. The van der Waals surface area contributed by atoms with E-state index < -0.39 is 0 Å². The molecular formula is C15H6Br2Cl2O2. The fraction of sp³-hybridized carbons (Fsp3) is 0. The molecular weight excluding hydrogens is 443 g/mol. The van der Waals surface area contributed by atoms with Gasteiger partial charge in [-0.3, -0.25) is 4.79 Å². The number of hydrogen-bond acceptors (Lipinski definition) is 2. The highest BCUT2D eigenvalue weighted by Gasteiger charge is 2.18. The maximum absolute atomic E-state index is 12.5. The summed E-state index contributed by atoms with van der Waals surface area (Å²) in [5, 5.41) is 1.60. The van der Waals surface area contributed by atoms with Crippen molar-refractivity contribution in [3.05, 3.63) is 66.7 Å². The van der Waals surface area contributed by atoms with Crippen molar-refractivity contribution in [2.45, 2.75) is 0 Å². The van der Waals surface area contributed by atoms with Gasteiger partial charge in [0.05, 0.1) is 9.50 Å². The van der Waals surface area contributed by atoms with E-state index in [4.69, 9.17) is 27.6 Å². The molecule has 0 saturated carbocycles. The van der Waals surface area contributed by atoms with E-state index in [2.05, 4.69) is 31.9 Å². The van der Waals surface area contributed by atoms with E-state index in [-0.39, 0.29) is 11.5 Å². The van der Waals surface area contributed by atoms with Crippen molar-refractivity contribution in [3.63, 3.8) is 0 Å². The van der Waals surface area contributed by atoms with Crippen LogP contribution >= 0.6 is 55.1 Å². The maximum Gasteiger partial charge on any atom is 0.229 e. The summed E-state index contributed by atoms with van der Waals surface area (Å²) in [7, 11) is 0. The second-order valence-electron chi connectivity index (χ2n) is 4.37. The molecule has 0 atom stereocenters. The molecule has 0 aliphatic heterocycles. The van der Waals surface area contributed by atoms with E-state index >= 15 is 0 Å². The van der Waals surface area contributed by atoms with Crippen molar-refractivity contribution < 1.29 is 9.21 Å². The molecule has 1 heterocycles. The number of furan rings is 1. The molecule has 0 radical (unpaired) electrons. The lowest BCUT2D eigenvalue weighted by Crippen LogP contribution is -2.00. The van der Waals surface area contributed by atoms with E-state index in [1.807, 2.05) is 12.1 Å². The molecule has 3 rings (SSSR count). The predicted molar refractivity (Wildman–Crippen MR) is 91.5 cm³/mol. The largest absolute Gasteiger partial charge is 0.451 e. The normalized spacial score (nSPS) is 11.0.